The second-order valence-electron chi connectivity index (χ2n) is 6.94. The van der Waals surface area contributed by atoms with Gasteiger partial charge in [0.1, 0.15) is 17.8 Å². The zero-order valence-electron chi connectivity index (χ0n) is 16.3. The summed E-state index contributed by atoms with van der Waals surface area (Å²) in [4.78, 5) is 25.7. The normalized spacial score (nSPS) is 13.6. The summed E-state index contributed by atoms with van der Waals surface area (Å²) in [6, 6.07) is 9.81. The quantitative estimate of drug-likeness (QED) is 0.765. The van der Waals surface area contributed by atoms with Crippen molar-refractivity contribution < 1.29 is 4.79 Å². The molecule has 0 unspecified atom stereocenters. The number of carbonyl (C=O) groups is 1. The number of hydrogen-bond acceptors (Lipinski definition) is 5. The Balaban J connectivity index is 1.67. The lowest BCUT2D eigenvalue weighted by Crippen LogP contribution is -2.26. The summed E-state index contributed by atoms with van der Waals surface area (Å²) in [6.45, 7) is 8.35. The average Bonchev–Trinajstić information content (AvgIpc) is 3.23. The maximum atomic E-state index is 12.6. The highest BCUT2D eigenvalue weighted by molar-refractivity contribution is 6.03. The van der Waals surface area contributed by atoms with E-state index in [-0.39, 0.29) is 5.91 Å². The summed E-state index contributed by atoms with van der Waals surface area (Å²) in [6.07, 6.45) is 6.05. The lowest BCUT2D eigenvalue weighted by molar-refractivity contribution is 0.102. The van der Waals surface area contributed by atoms with Gasteiger partial charge in [0.05, 0.1) is 0 Å². The largest absolute Gasteiger partial charge is 0.372 e. The van der Waals surface area contributed by atoms with E-state index in [1.165, 1.54) is 24.9 Å². The van der Waals surface area contributed by atoms with E-state index in [0.717, 1.165) is 50.5 Å². The molecular weight excluding hydrogens is 338 g/mol. The molecule has 1 aromatic heterocycles. The first-order valence-corrected chi connectivity index (χ1v) is 9.94. The first-order valence-electron chi connectivity index (χ1n) is 9.94. The maximum absolute atomic E-state index is 12.6. The highest BCUT2D eigenvalue weighted by Crippen LogP contribution is 2.22. The maximum Gasteiger partial charge on any atom is 0.274 e. The topological polar surface area (TPSA) is 61.4 Å². The Labute approximate surface area is 161 Å². The molecular formula is C21H29N5O. The molecule has 0 bridgehead atoms. The van der Waals surface area contributed by atoms with Gasteiger partial charge in [0.15, 0.2) is 0 Å². The Bertz CT molecular complexity index is 734. The van der Waals surface area contributed by atoms with Crippen molar-refractivity contribution in [2.24, 2.45) is 0 Å². The van der Waals surface area contributed by atoms with Crippen molar-refractivity contribution >= 4 is 23.1 Å². The first-order chi connectivity index (χ1) is 13.2. The number of rotatable bonds is 8. The molecule has 0 saturated carbocycles. The van der Waals surface area contributed by atoms with Crippen molar-refractivity contribution in [3.63, 3.8) is 0 Å². The number of nitrogens with zero attached hydrogens (tertiary/aromatic N) is 4. The molecule has 1 aliphatic heterocycles. The molecule has 1 amide bonds. The van der Waals surface area contributed by atoms with Crippen molar-refractivity contribution in [2.75, 3.05) is 41.3 Å². The summed E-state index contributed by atoms with van der Waals surface area (Å²) >= 11 is 0. The van der Waals surface area contributed by atoms with Gasteiger partial charge in [0.2, 0.25) is 0 Å². The van der Waals surface area contributed by atoms with Gasteiger partial charge in [-0.3, -0.25) is 4.79 Å². The lowest BCUT2D eigenvalue weighted by atomic mass is 10.2. The molecule has 1 aliphatic rings. The van der Waals surface area contributed by atoms with E-state index in [4.69, 9.17) is 0 Å². The molecule has 0 atom stereocenters. The minimum atomic E-state index is -0.208. The monoisotopic (exact) mass is 367 g/mol. The van der Waals surface area contributed by atoms with Crippen molar-refractivity contribution in [2.45, 2.75) is 39.5 Å². The van der Waals surface area contributed by atoms with Crippen LogP contribution in [-0.2, 0) is 0 Å². The number of aromatic nitrogens is 2. The van der Waals surface area contributed by atoms with Crippen LogP contribution < -0.4 is 15.1 Å². The second kappa shape index (κ2) is 9.35. The predicted molar refractivity (Wildman–Crippen MR) is 111 cm³/mol. The highest BCUT2D eigenvalue weighted by atomic mass is 16.1. The minimum absolute atomic E-state index is 0.208. The molecule has 6 nitrogen and oxygen atoms in total. The van der Waals surface area contributed by atoms with Gasteiger partial charge in [-0.05, 0) is 49.9 Å². The van der Waals surface area contributed by atoms with E-state index in [2.05, 4.69) is 51.1 Å². The van der Waals surface area contributed by atoms with Gasteiger partial charge in [0, 0.05) is 43.6 Å². The third-order valence-corrected chi connectivity index (χ3v) is 4.79. The Morgan fingerprint density at radius 1 is 1.07 bits per heavy atom. The minimum Gasteiger partial charge on any atom is -0.372 e. The van der Waals surface area contributed by atoms with E-state index in [1.54, 1.807) is 6.07 Å². The van der Waals surface area contributed by atoms with Crippen molar-refractivity contribution in [3.05, 3.63) is 42.4 Å². The number of hydrogen-bond donors (Lipinski definition) is 1. The van der Waals surface area contributed by atoms with Crippen LogP contribution in [-0.4, -0.2) is 42.1 Å². The molecule has 3 rings (SSSR count). The fourth-order valence-electron chi connectivity index (χ4n) is 3.45. The number of amides is 1. The standard InChI is InChI=1S/C21H29N5O/c1-3-11-26(12-4-2)20-15-19(22-16-23-20)21(27)24-17-7-9-18(10-8-17)25-13-5-6-14-25/h7-10,15-16H,3-6,11-14H2,1-2H3,(H,24,27). The third-order valence-electron chi connectivity index (χ3n) is 4.79. The van der Waals surface area contributed by atoms with E-state index in [9.17, 15) is 4.79 Å². The summed E-state index contributed by atoms with van der Waals surface area (Å²) in [5, 5.41) is 2.94. The predicted octanol–water partition coefficient (Wildman–Crippen LogP) is 3.96. The molecule has 6 heteroatoms. The highest BCUT2D eigenvalue weighted by Gasteiger charge is 2.14. The summed E-state index contributed by atoms with van der Waals surface area (Å²) in [5.41, 5.74) is 2.38. The van der Waals surface area contributed by atoms with Crippen LogP contribution in [0.1, 0.15) is 50.0 Å². The summed E-state index contributed by atoms with van der Waals surface area (Å²) < 4.78 is 0. The van der Waals surface area contributed by atoms with Gasteiger partial charge < -0.3 is 15.1 Å². The number of benzene rings is 1. The smallest absolute Gasteiger partial charge is 0.274 e. The van der Waals surface area contributed by atoms with Crippen LogP contribution in [0.5, 0.6) is 0 Å². The molecule has 2 heterocycles. The molecule has 144 valence electrons. The molecule has 0 radical (unpaired) electrons. The van der Waals surface area contributed by atoms with Crippen LogP contribution in [0.2, 0.25) is 0 Å². The Morgan fingerprint density at radius 2 is 1.74 bits per heavy atom. The van der Waals surface area contributed by atoms with Crippen LogP contribution in [0.4, 0.5) is 17.2 Å². The third kappa shape index (κ3) is 4.96. The molecule has 1 saturated heterocycles. The molecule has 2 aromatic rings. The van der Waals surface area contributed by atoms with Crippen molar-refractivity contribution in [1.82, 2.24) is 9.97 Å². The SMILES string of the molecule is CCCN(CCC)c1cc(C(=O)Nc2ccc(N3CCCC3)cc2)ncn1. The zero-order chi connectivity index (χ0) is 19.1. The first kappa shape index (κ1) is 19.1. The molecule has 27 heavy (non-hydrogen) atoms. The number of nitrogens with one attached hydrogen (secondary N) is 1. The van der Waals surface area contributed by atoms with Gasteiger partial charge in [-0.2, -0.15) is 0 Å². The van der Waals surface area contributed by atoms with Crippen LogP contribution >= 0.6 is 0 Å². The second-order valence-corrected chi connectivity index (χ2v) is 6.94. The van der Waals surface area contributed by atoms with Crippen LogP contribution in [0.25, 0.3) is 0 Å². The molecule has 1 N–H and O–H groups in total. The van der Waals surface area contributed by atoms with E-state index < -0.39 is 0 Å². The summed E-state index contributed by atoms with van der Waals surface area (Å²) in [7, 11) is 0. The Hall–Kier alpha value is -2.63. The number of carbonyl (C=O) groups excluding carboxylic acids is 1. The van der Waals surface area contributed by atoms with E-state index in [1.807, 2.05) is 12.1 Å². The number of anilines is 3. The van der Waals surface area contributed by atoms with Gasteiger partial charge in [0.25, 0.3) is 5.91 Å². The molecule has 1 aromatic carbocycles. The molecule has 1 fully saturated rings. The van der Waals surface area contributed by atoms with E-state index in [0.29, 0.717) is 5.69 Å². The van der Waals surface area contributed by atoms with Crippen molar-refractivity contribution in [3.8, 4) is 0 Å². The van der Waals surface area contributed by atoms with Crippen LogP contribution in [0, 0.1) is 0 Å². The van der Waals surface area contributed by atoms with E-state index >= 15 is 0 Å². The average molecular weight is 367 g/mol. The van der Waals surface area contributed by atoms with Gasteiger partial charge in [-0.25, -0.2) is 9.97 Å². The fraction of sp³-hybridized carbons (Fsp3) is 0.476. The van der Waals surface area contributed by atoms with Crippen molar-refractivity contribution in [1.29, 1.82) is 0 Å². The van der Waals surface area contributed by atoms with Crippen LogP contribution in [0.15, 0.2) is 36.7 Å². The zero-order valence-corrected chi connectivity index (χ0v) is 16.3. The van der Waals surface area contributed by atoms with Gasteiger partial charge in [-0.1, -0.05) is 13.8 Å². The fourth-order valence-corrected chi connectivity index (χ4v) is 3.45. The van der Waals surface area contributed by atoms with Gasteiger partial charge in [-0.15, -0.1) is 0 Å². The lowest BCUT2D eigenvalue weighted by Gasteiger charge is -2.22. The summed E-state index contributed by atoms with van der Waals surface area (Å²) in [5.74, 6) is 0.601. The Morgan fingerprint density at radius 3 is 2.37 bits per heavy atom. The Kier molecular flexibility index (Phi) is 6.63. The molecule has 0 spiro atoms. The van der Waals surface area contributed by atoms with Gasteiger partial charge >= 0.3 is 0 Å². The molecule has 0 aliphatic carbocycles. The van der Waals surface area contributed by atoms with Crippen LogP contribution in [0.3, 0.4) is 0 Å².